The van der Waals surface area contributed by atoms with Crippen LogP contribution in [0.5, 0.6) is 0 Å². The number of aliphatic carboxylic acids is 1. The van der Waals surface area contributed by atoms with Crippen molar-refractivity contribution in [2.24, 2.45) is 0 Å². The van der Waals surface area contributed by atoms with Crippen molar-refractivity contribution < 1.29 is 9.90 Å². The number of tetrazole rings is 1. The highest BCUT2D eigenvalue weighted by Crippen LogP contribution is 2.24. The molecule has 2 atom stereocenters. The third-order valence-corrected chi connectivity index (χ3v) is 3.61. The fraction of sp³-hybridized carbons (Fsp3) is 0.429. The summed E-state index contributed by atoms with van der Waals surface area (Å²) in [7, 11) is 0. The van der Waals surface area contributed by atoms with Crippen molar-refractivity contribution in [2.75, 3.05) is 0 Å². The van der Waals surface area contributed by atoms with Crippen LogP contribution in [-0.2, 0) is 10.3 Å². The maximum absolute atomic E-state index is 11.8. The van der Waals surface area contributed by atoms with Crippen LogP contribution in [0.1, 0.15) is 32.8 Å². The van der Waals surface area contributed by atoms with Gasteiger partial charge in [-0.1, -0.05) is 19.1 Å². The summed E-state index contributed by atoms with van der Waals surface area (Å²) in [5.74, 6) is -0.920. The SMILES string of the molecule is CCC(C)NC(C)(C(=O)O)c1cccc(-n2cnnn2)c1. The second-order valence-electron chi connectivity index (χ2n) is 5.19. The van der Waals surface area contributed by atoms with Crippen molar-refractivity contribution in [3.05, 3.63) is 36.2 Å². The lowest BCUT2D eigenvalue weighted by Crippen LogP contribution is -2.50. The van der Waals surface area contributed by atoms with Gasteiger partial charge in [0.2, 0.25) is 0 Å². The Labute approximate surface area is 123 Å². The molecule has 2 aromatic rings. The Morgan fingerprint density at radius 1 is 1.52 bits per heavy atom. The average Bonchev–Trinajstić information content (AvgIpc) is 3.01. The molecule has 0 aliphatic heterocycles. The van der Waals surface area contributed by atoms with Crippen LogP contribution in [0.25, 0.3) is 5.69 Å². The minimum absolute atomic E-state index is 0.0859. The van der Waals surface area contributed by atoms with Crippen LogP contribution in [0.2, 0.25) is 0 Å². The van der Waals surface area contributed by atoms with Crippen molar-refractivity contribution in [3.63, 3.8) is 0 Å². The molecule has 0 amide bonds. The maximum atomic E-state index is 11.8. The van der Waals surface area contributed by atoms with Crippen LogP contribution in [0, 0.1) is 0 Å². The number of nitrogens with one attached hydrogen (secondary N) is 1. The molecule has 0 saturated carbocycles. The first-order valence-electron chi connectivity index (χ1n) is 6.82. The summed E-state index contributed by atoms with van der Waals surface area (Å²) in [6, 6.07) is 7.27. The number of hydrogen-bond donors (Lipinski definition) is 2. The van der Waals surface area contributed by atoms with Gasteiger partial charge in [0.15, 0.2) is 0 Å². The molecule has 1 heterocycles. The van der Waals surface area contributed by atoms with Gasteiger partial charge in [0.1, 0.15) is 11.9 Å². The number of carboxylic acid groups (broad SMARTS) is 1. The van der Waals surface area contributed by atoms with Gasteiger partial charge in [0, 0.05) is 6.04 Å². The van der Waals surface area contributed by atoms with Crippen LogP contribution in [0.3, 0.4) is 0 Å². The van der Waals surface area contributed by atoms with Gasteiger partial charge in [0.25, 0.3) is 0 Å². The maximum Gasteiger partial charge on any atom is 0.328 e. The summed E-state index contributed by atoms with van der Waals surface area (Å²) < 4.78 is 1.50. The second kappa shape index (κ2) is 6.01. The highest BCUT2D eigenvalue weighted by atomic mass is 16.4. The van der Waals surface area contributed by atoms with Crippen LogP contribution >= 0.6 is 0 Å². The minimum atomic E-state index is -1.17. The van der Waals surface area contributed by atoms with Crippen LogP contribution in [0.15, 0.2) is 30.6 Å². The summed E-state index contributed by atoms with van der Waals surface area (Å²) in [5.41, 5.74) is 0.207. The summed E-state index contributed by atoms with van der Waals surface area (Å²) in [6.07, 6.45) is 2.31. The quantitative estimate of drug-likeness (QED) is 0.834. The summed E-state index contributed by atoms with van der Waals surface area (Å²) >= 11 is 0. The number of carboxylic acids is 1. The Balaban J connectivity index is 2.41. The predicted molar refractivity (Wildman–Crippen MR) is 77.0 cm³/mol. The van der Waals surface area contributed by atoms with E-state index in [1.54, 1.807) is 25.1 Å². The van der Waals surface area contributed by atoms with Crippen molar-refractivity contribution in [2.45, 2.75) is 38.8 Å². The standard InChI is InChI=1S/C14H19N5O2/c1-4-10(2)16-14(3,13(20)21)11-6-5-7-12(8-11)19-9-15-17-18-19/h5-10,16H,4H2,1-3H3,(H,20,21). The normalized spacial score (nSPS) is 15.4. The van der Waals surface area contributed by atoms with Gasteiger partial charge in [-0.2, -0.15) is 0 Å². The predicted octanol–water partition coefficient (Wildman–Crippen LogP) is 1.35. The topological polar surface area (TPSA) is 92.9 Å². The van der Waals surface area contributed by atoms with E-state index in [1.165, 1.54) is 11.0 Å². The van der Waals surface area contributed by atoms with Crippen molar-refractivity contribution in [1.29, 1.82) is 0 Å². The molecular weight excluding hydrogens is 270 g/mol. The molecule has 1 aromatic heterocycles. The molecule has 1 aromatic carbocycles. The highest BCUT2D eigenvalue weighted by Gasteiger charge is 2.36. The zero-order valence-electron chi connectivity index (χ0n) is 12.3. The molecule has 0 aliphatic rings. The van der Waals surface area contributed by atoms with E-state index in [2.05, 4.69) is 20.8 Å². The number of rotatable bonds is 6. The van der Waals surface area contributed by atoms with E-state index in [4.69, 9.17) is 0 Å². The van der Waals surface area contributed by atoms with Gasteiger partial charge in [0.05, 0.1) is 5.69 Å². The molecule has 2 rings (SSSR count). The fourth-order valence-corrected chi connectivity index (χ4v) is 2.10. The molecule has 0 spiro atoms. The van der Waals surface area contributed by atoms with E-state index in [-0.39, 0.29) is 6.04 Å². The number of hydrogen-bond acceptors (Lipinski definition) is 5. The molecule has 0 bridgehead atoms. The first kappa shape index (κ1) is 15.1. The van der Waals surface area contributed by atoms with Crippen molar-refractivity contribution in [1.82, 2.24) is 25.5 Å². The Morgan fingerprint density at radius 2 is 2.29 bits per heavy atom. The van der Waals surface area contributed by atoms with Crippen LogP contribution < -0.4 is 5.32 Å². The number of aromatic nitrogens is 4. The van der Waals surface area contributed by atoms with Gasteiger partial charge in [-0.05, 0) is 48.4 Å². The van der Waals surface area contributed by atoms with Gasteiger partial charge in [-0.15, -0.1) is 5.10 Å². The van der Waals surface area contributed by atoms with E-state index in [0.717, 1.165) is 12.1 Å². The Kier molecular flexibility index (Phi) is 4.32. The molecule has 0 radical (unpaired) electrons. The lowest BCUT2D eigenvalue weighted by atomic mass is 9.90. The van der Waals surface area contributed by atoms with Crippen LogP contribution in [-0.4, -0.2) is 37.3 Å². The Bertz CT molecular complexity index is 614. The molecule has 0 saturated heterocycles. The molecule has 7 heteroatoms. The number of nitrogens with zero attached hydrogens (tertiary/aromatic N) is 4. The van der Waals surface area contributed by atoms with E-state index < -0.39 is 11.5 Å². The van der Waals surface area contributed by atoms with Gasteiger partial charge in [-0.3, -0.25) is 5.32 Å². The first-order valence-corrected chi connectivity index (χ1v) is 6.82. The molecule has 112 valence electrons. The fourth-order valence-electron chi connectivity index (χ4n) is 2.10. The third-order valence-electron chi connectivity index (χ3n) is 3.61. The van der Waals surface area contributed by atoms with Gasteiger partial charge >= 0.3 is 5.97 Å². The molecule has 2 N–H and O–H groups in total. The number of carbonyl (C=O) groups is 1. The van der Waals surface area contributed by atoms with Crippen molar-refractivity contribution in [3.8, 4) is 5.69 Å². The molecule has 7 nitrogen and oxygen atoms in total. The van der Waals surface area contributed by atoms with Crippen molar-refractivity contribution >= 4 is 5.97 Å². The van der Waals surface area contributed by atoms with Gasteiger partial charge < -0.3 is 5.11 Å². The molecule has 0 fully saturated rings. The molecule has 21 heavy (non-hydrogen) atoms. The van der Waals surface area contributed by atoms with Gasteiger partial charge in [-0.25, -0.2) is 9.48 Å². The minimum Gasteiger partial charge on any atom is -0.480 e. The second-order valence-corrected chi connectivity index (χ2v) is 5.19. The largest absolute Gasteiger partial charge is 0.480 e. The Hall–Kier alpha value is -2.28. The van der Waals surface area contributed by atoms with E-state index >= 15 is 0 Å². The highest BCUT2D eigenvalue weighted by molar-refractivity contribution is 5.80. The lowest BCUT2D eigenvalue weighted by Gasteiger charge is -2.30. The first-order chi connectivity index (χ1) is 9.97. The third kappa shape index (κ3) is 3.08. The molecule has 0 aliphatic carbocycles. The summed E-state index contributed by atoms with van der Waals surface area (Å²) in [4.78, 5) is 11.8. The zero-order valence-corrected chi connectivity index (χ0v) is 12.3. The number of benzene rings is 1. The molecule has 2 unspecified atom stereocenters. The van der Waals surface area contributed by atoms with E-state index in [1.807, 2.05) is 19.9 Å². The molecular formula is C14H19N5O2. The average molecular weight is 289 g/mol. The summed E-state index contributed by atoms with van der Waals surface area (Å²) in [5, 5.41) is 23.8. The Morgan fingerprint density at radius 3 is 2.86 bits per heavy atom. The van der Waals surface area contributed by atoms with Crippen LogP contribution in [0.4, 0.5) is 0 Å². The summed E-state index contributed by atoms with van der Waals surface area (Å²) in [6.45, 7) is 5.64. The zero-order chi connectivity index (χ0) is 15.5. The van der Waals surface area contributed by atoms with E-state index in [0.29, 0.717) is 5.56 Å². The smallest absolute Gasteiger partial charge is 0.328 e. The monoisotopic (exact) mass is 289 g/mol. The van der Waals surface area contributed by atoms with E-state index in [9.17, 15) is 9.90 Å². The lowest BCUT2D eigenvalue weighted by molar-refractivity contribution is -0.145.